The summed E-state index contributed by atoms with van der Waals surface area (Å²) in [4.78, 5) is 19.6. The maximum absolute atomic E-state index is 12.3. The number of benzene rings is 1. The molecule has 3 aromatic rings. The third-order valence-corrected chi connectivity index (χ3v) is 5.51. The molecule has 1 atom stereocenters. The van der Waals surface area contributed by atoms with Crippen molar-refractivity contribution in [1.82, 2.24) is 14.6 Å². The number of fused-ring (bicyclic) bond motifs is 1. The lowest BCUT2D eigenvalue weighted by molar-refractivity contribution is 0.225. The van der Waals surface area contributed by atoms with Crippen LogP contribution in [0.1, 0.15) is 25.5 Å². The van der Waals surface area contributed by atoms with E-state index >= 15 is 0 Å². The fourth-order valence-corrected chi connectivity index (χ4v) is 4.23. The summed E-state index contributed by atoms with van der Waals surface area (Å²) in [5.41, 5.74) is 0.711. The molecule has 26 heavy (non-hydrogen) atoms. The topological polar surface area (TPSA) is 59.7 Å². The SMILES string of the molecule is CCCc1cc(=O)n2nc(N3CCC(Oc4cccc(Cl)c4)C3)sc2n1. The van der Waals surface area contributed by atoms with Gasteiger partial charge in [-0.15, -0.1) is 5.10 Å². The Morgan fingerprint density at radius 3 is 3.08 bits per heavy atom. The summed E-state index contributed by atoms with van der Waals surface area (Å²) >= 11 is 7.46. The second kappa shape index (κ2) is 7.25. The third kappa shape index (κ3) is 3.54. The number of aromatic nitrogens is 3. The molecule has 0 bridgehead atoms. The molecule has 0 radical (unpaired) electrons. The normalized spacial score (nSPS) is 17.2. The highest BCUT2D eigenvalue weighted by atomic mass is 35.5. The van der Waals surface area contributed by atoms with Crippen LogP contribution < -0.4 is 15.2 Å². The molecule has 1 aromatic carbocycles. The molecule has 1 aliphatic heterocycles. The van der Waals surface area contributed by atoms with Crippen LogP contribution in [0.15, 0.2) is 35.1 Å². The molecule has 1 aliphatic rings. The van der Waals surface area contributed by atoms with Crippen molar-refractivity contribution in [1.29, 1.82) is 0 Å². The van der Waals surface area contributed by atoms with Crippen LogP contribution in [0.3, 0.4) is 0 Å². The van der Waals surface area contributed by atoms with E-state index in [1.54, 1.807) is 6.07 Å². The van der Waals surface area contributed by atoms with E-state index in [9.17, 15) is 4.79 Å². The van der Waals surface area contributed by atoms with Crippen LogP contribution in [0.2, 0.25) is 5.02 Å². The van der Waals surface area contributed by atoms with Gasteiger partial charge in [0, 0.05) is 29.7 Å². The van der Waals surface area contributed by atoms with Crippen molar-refractivity contribution in [2.75, 3.05) is 18.0 Å². The number of hydrogen-bond acceptors (Lipinski definition) is 6. The summed E-state index contributed by atoms with van der Waals surface area (Å²) in [5.74, 6) is 0.774. The summed E-state index contributed by atoms with van der Waals surface area (Å²) in [6.45, 7) is 3.64. The maximum atomic E-state index is 12.3. The first kappa shape index (κ1) is 17.3. The van der Waals surface area contributed by atoms with Gasteiger partial charge in [0.15, 0.2) is 0 Å². The number of anilines is 1. The Bertz CT molecular complexity index is 987. The van der Waals surface area contributed by atoms with Crippen molar-refractivity contribution in [3.05, 3.63) is 51.4 Å². The minimum Gasteiger partial charge on any atom is -0.488 e. The van der Waals surface area contributed by atoms with E-state index in [1.165, 1.54) is 15.9 Å². The summed E-state index contributed by atoms with van der Waals surface area (Å²) in [7, 11) is 0. The number of rotatable bonds is 5. The summed E-state index contributed by atoms with van der Waals surface area (Å²) in [6.07, 6.45) is 2.73. The van der Waals surface area contributed by atoms with Gasteiger partial charge < -0.3 is 9.64 Å². The van der Waals surface area contributed by atoms with Crippen molar-refractivity contribution >= 4 is 33.0 Å². The van der Waals surface area contributed by atoms with Gasteiger partial charge in [0.2, 0.25) is 10.1 Å². The number of ether oxygens (including phenoxy) is 1. The molecule has 1 saturated heterocycles. The first-order valence-electron chi connectivity index (χ1n) is 8.69. The first-order valence-corrected chi connectivity index (χ1v) is 9.89. The molecule has 4 rings (SSSR count). The van der Waals surface area contributed by atoms with Crippen molar-refractivity contribution in [2.24, 2.45) is 0 Å². The average Bonchev–Trinajstić information content (AvgIpc) is 3.22. The van der Waals surface area contributed by atoms with Crippen LogP contribution in [0.5, 0.6) is 5.75 Å². The minimum atomic E-state index is -0.119. The highest BCUT2D eigenvalue weighted by Gasteiger charge is 2.27. The minimum absolute atomic E-state index is 0.0702. The van der Waals surface area contributed by atoms with E-state index in [4.69, 9.17) is 16.3 Å². The zero-order chi connectivity index (χ0) is 18.1. The van der Waals surface area contributed by atoms with Crippen molar-refractivity contribution in [2.45, 2.75) is 32.3 Å². The monoisotopic (exact) mass is 390 g/mol. The molecule has 1 fully saturated rings. The van der Waals surface area contributed by atoms with Crippen molar-refractivity contribution in [3.8, 4) is 5.75 Å². The average molecular weight is 391 g/mol. The highest BCUT2D eigenvalue weighted by Crippen LogP contribution is 2.27. The standard InChI is InChI=1S/C18H19ClN4O2S/c1-2-4-13-10-16(24)23-17(20-13)26-18(21-23)22-8-7-15(11-22)25-14-6-3-5-12(19)9-14/h3,5-6,9-10,15H,2,4,7-8,11H2,1H3. The number of halogens is 1. The lowest BCUT2D eigenvalue weighted by Crippen LogP contribution is -2.25. The molecule has 136 valence electrons. The Balaban J connectivity index is 1.51. The van der Waals surface area contributed by atoms with E-state index in [2.05, 4.69) is 21.9 Å². The van der Waals surface area contributed by atoms with Gasteiger partial charge in [0.05, 0.1) is 6.54 Å². The van der Waals surface area contributed by atoms with Crippen LogP contribution in [-0.4, -0.2) is 33.8 Å². The van der Waals surface area contributed by atoms with Gasteiger partial charge in [-0.05, 0) is 24.6 Å². The van der Waals surface area contributed by atoms with Crippen LogP contribution >= 0.6 is 22.9 Å². The van der Waals surface area contributed by atoms with Gasteiger partial charge in [0.1, 0.15) is 11.9 Å². The number of hydrogen-bond donors (Lipinski definition) is 0. The number of nitrogens with zero attached hydrogens (tertiary/aromatic N) is 4. The molecule has 3 heterocycles. The summed E-state index contributed by atoms with van der Waals surface area (Å²) in [6, 6.07) is 9.01. The van der Waals surface area contributed by atoms with Crippen LogP contribution in [0, 0.1) is 0 Å². The van der Waals surface area contributed by atoms with Gasteiger partial charge in [-0.2, -0.15) is 4.52 Å². The largest absolute Gasteiger partial charge is 0.488 e. The van der Waals surface area contributed by atoms with Gasteiger partial charge in [-0.25, -0.2) is 4.98 Å². The summed E-state index contributed by atoms with van der Waals surface area (Å²) < 4.78 is 7.42. The molecule has 2 aromatic heterocycles. The van der Waals surface area contributed by atoms with Crippen LogP contribution in [0.25, 0.3) is 4.96 Å². The van der Waals surface area contributed by atoms with Crippen LogP contribution in [-0.2, 0) is 6.42 Å². The van der Waals surface area contributed by atoms with Crippen molar-refractivity contribution in [3.63, 3.8) is 0 Å². The number of aryl methyl sites for hydroxylation is 1. The molecule has 6 nitrogen and oxygen atoms in total. The second-order valence-electron chi connectivity index (χ2n) is 6.35. The molecule has 0 spiro atoms. The fourth-order valence-electron chi connectivity index (χ4n) is 3.09. The molecular weight excluding hydrogens is 372 g/mol. The molecule has 0 N–H and O–H groups in total. The molecule has 0 amide bonds. The Labute approximate surface area is 160 Å². The maximum Gasteiger partial charge on any atom is 0.275 e. The fraction of sp³-hybridized carbons (Fsp3) is 0.389. The lowest BCUT2D eigenvalue weighted by Gasteiger charge is -2.15. The van der Waals surface area contributed by atoms with Crippen molar-refractivity contribution < 1.29 is 4.74 Å². The first-order chi connectivity index (χ1) is 12.6. The predicted octanol–water partition coefficient (Wildman–Crippen LogP) is 3.41. The van der Waals surface area contributed by atoms with E-state index < -0.39 is 0 Å². The lowest BCUT2D eigenvalue weighted by atomic mass is 10.2. The predicted molar refractivity (Wildman–Crippen MR) is 104 cm³/mol. The Hall–Kier alpha value is -2.12. The Kier molecular flexibility index (Phi) is 4.82. The molecule has 8 heteroatoms. The highest BCUT2D eigenvalue weighted by molar-refractivity contribution is 7.20. The Morgan fingerprint density at radius 2 is 2.27 bits per heavy atom. The molecular formula is C18H19ClN4O2S. The zero-order valence-electron chi connectivity index (χ0n) is 14.4. The molecule has 0 aliphatic carbocycles. The van der Waals surface area contributed by atoms with Gasteiger partial charge in [0.25, 0.3) is 5.56 Å². The van der Waals surface area contributed by atoms with Gasteiger partial charge >= 0.3 is 0 Å². The van der Waals surface area contributed by atoms with E-state index in [0.717, 1.165) is 48.9 Å². The summed E-state index contributed by atoms with van der Waals surface area (Å²) in [5, 5.41) is 5.93. The quantitative estimate of drug-likeness (QED) is 0.668. The zero-order valence-corrected chi connectivity index (χ0v) is 16.0. The molecule has 0 saturated carbocycles. The van der Waals surface area contributed by atoms with E-state index in [-0.39, 0.29) is 11.7 Å². The van der Waals surface area contributed by atoms with Gasteiger partial charge in [-0.1, -0.05) is 42.3 Å². The van der Waals surface area contributed by atoms with E-state index in [0.29, 0.717) is 9.98 Å². The molecule has 1 unspecified atom stereocenters. The second-order valence-corrected chi connectivity index (χ2v) is 7.72. The Morgan fingerprint density at radius 1 is 1.38 bits per heavy atom. The van der Waals surface area contributed by atoms with E-state index in [1.807, 2.05) is 24.3 Å². The van der Waals surface area contributed by atoms with Crippen LogP contribution in [0.4, 0.5) is 5.13 Å². The van der Waals surface area contributed by atoms with Gasteiger partial charge in [-0.3, -0.25) is 4.79 Å². The smallest absolute Gasteiger partial charge is 0.275 e. The third-order valence-electron chi connectivity index (χ3n) is 4.31.